The average Bonchev–Trinajstić information content (AvgIpc) is 3.60. The van der Waals surface area contributed by atoms with Gasteiger partial charge < -0.3 is 19.8 Å². The molecular weight excluding hydrogens is 438 g/mol. The number of aryl methyl sites for hydroxylation is 1. The molecule has 2 aromatic carbocycles. The summed E-state index contributed by atoms with van der Waals surface area (Å²) in [7, 11) is 0. The van der Waals surface area contributed by atoms with Crippen molar-refractivity contribution >= 4 is 22.4 Å². The molecular formula is C28H27N5O2. The topological polar surface area (TPSA) is 76.5 Å². The van der Waals surface area contributed by atoms with Gasteiger partial charge in [-0.05, 0) is 48.9 Å². The summed E-state index contributed by atoms with van der Waals surface area (Å²) in [6, 6.07) is 16.9. The molecule has 0 saturated carbocycles. The second kappa shape index (κ2) is 7.77. The van der Waals surface area contributed by atoms with Gasteiger partial charge in [-0.2, -0.15) is 9.61 Å². The Balaban J connectivity index is 1.31. The van der Waals surface area contributed by atoms with Crippen molar-refractivity contribution in [2.45, 2.75) is 45.1 Å². The van der Waals surface area contributed by atoms with Crippen molar-refractivity contribution in [1.29, 1.82) is 0 Å². The Morgan fingerprint density at radius 2 is 2.03 bits per heavy atom. The molecule has 35 heavy (non-hydrogen) atoms. The highest BCUT2D eigenvalue weighted by atomic mass is 16.7. The van der Waals surface area contributed by atoms with E-state index in [1.54, 1.807) is 0 Å². The van der Waals surface area contributed by atoms with Gasteiger partial charge in [0.2, 0.25) is 6.79 Å². The van der Waals surface area contributed by atoms with Gasteiger partial charge in [-0.15, -0.1) is 0 Å². The predicted molar refractivity (Wildman–Crippen MR) is 136 cm³/mol. The second-order valence-electron chi connectivity index (χ2n) is 9.77. The summed E-state index contributed by atoms with van der Waals surface area (Å²) in [5.74, 6) is 2.77. The van der Waals surface area contributed by atoms with E-state index in [4.69, 9.17) is 19.6 Å². The van der Waals surface area contributed by atoms with Gasteiger partial charge in [0.05, 0.1) is 11.9 Å². The zero-order valence-corrected chi connectivity index (χ0v) is 19.8. The smallest absolute Gasteiger partial charge is 0.231 e. The molecule has 5 aromatic rings. The van der Waals surface area contributed by atoms with E-state index in [-0.39, 0.29) is 6.79 Å². The van der Waals surface area contributed by atoms with Crippen LogP contribution in [0, 0.1) is 0 Å². The Kier molecular flexibility index (Phi) is 4.52. The molecule has 1 aliphatic carbocycles. The van der Waals surface area contributed by atoms with Gasteiger partial charge in [0.1, 0.15) is 5.82 Å². The summed E-state index contributed by atoms with van der Waals surface area (Å²) >= 11 is 0. The van der Waals surface area contributed by atoms with Crippen LogP contribution >= 0.6 is 0 Å². The van der Waals surface area contributed by atoms with E-state index < -0.39 is 0 Å². The molecule has 2 N–H and O–H groups in total. The molecule has 0 amide bonds. The van der Waals surface area contributed by atoms with Gasteiger partial charge in [0.25, 0.3) is 0 Å². The van der Waals surface area contributed by atoms with Crippen molar-refractivity contribution < 1.29 is 9.47 Å². The predicted octanol–water partition coefficient (Wildman–Crippen LogP) is 5.70. The van der Waals surface area contributed by atoms with E-state index in [1.807, 2.05) is 28.9 Å². The Hall–Kier alpha value is -4.00. The fourth-order valence-corrected chi connectivity index (χ4v) is 5.46. The number of ether oxygens (including phenoxy) is 2. The Labute approximate surface area is 203 Å². The van der Waals surface area contributed by atoms with E-state index in [9.17, 15) is 0 Å². The lowest BCUT2D eigenvalue weighted by atomic mass is 9.91. The minimum Gasteiger partial charge on any atom is -0.454 e. The molecule has 0 saturated heterocycles. The SMILES string of the molecule is CC(C)c1cnn2c(N[C@@H]3CCc4[nH]c5ccccc5c4C3)cc(-c3cccc4c3OCO4)nc12. The standard InChI is InChI=1S/C28H27N5O2/c1-16(2)21-14-29-33-26(13-24(32-28(21)33)19-7-5-9-25-27(19)35-15-34-25)30-17-10-11-23-20(12-17)18-6-3-4-8-22(18)31-23/h3-9,13-14,16-17,30-31H,10-12,15H2,1-2H3/t17-/m1/s1. The highest BCUT2D eigenvalue weighted by Gasteiger charge is 2.25. The highest BCUT2D eigenvalue weighted by molar-refractivity contribution is 5.85. The van der Waals surface area contributed by atoms with Gasteiger partial charge >= 0.3 is 0 Å². The number of anilines is 1. The number of fused-ring (bicyclic) bond motifs is 5. The lowest BCUT2D eigenvalue weighted by Crippen LogP contribution is -2.28. The molecule has 7 nitrogen and oxygen atoms in total. The first-order valence-electron chi connectivity index (χ1n) is 12.3. The number of aromatic nitrogens is 4. The highest BCUT2D eigenvalue weighted by Crippen LogP contribution is 2.41. The van der Waals surface area contributed by atoms with E-state index in [0.29, 0.717) is 12.0 Å². The van der Waals surface area contributed by atoms with Crippen LogP contribution in [-0.2, 0) is 12.8 Å². The van der Waals surface area contributed by atoms with E-state index >= 15 is 0 Å². The van der Waals surface area contributed by atoms with Crippen molar-refractivity contribution in [3.63, 3.8) is 0 Å². The summed E-state index contributed by atoms with van der Waals surface area (Å²) in [5.41, 5.74) is 7.80. The van der Waals surface area contributed by atoms with Gasteiger partial charge in [-0.25, -0.2) is 4.98 Å². The summed E-state index contributed by atoms with van der Waals surface area (Å²) in [4.78, 5) is 8.67. The third-order valence-electron chi connectivity index (χ3n) is 7.24. The number of para-hydroxylation sites is 2. The zero-order valence-electron chi connectivity index (χ0n) is 19.8. The van der Waals surface area contributed by atoms with Crippen molar-refractivity contribution in [2.24, 2.45) is 0 Å². The maximum absolute atomic E-state index is 5.81. The molecule has 3 aromatic heterocycles. The van der Waals surface area contributed by atoms with E-state index in [0.717, 1.165) is 59.0 Å². The van der Waals surface area contributed by atoms with Crippen LogP contribution in [0.2, 0.25) is 0 Å². The minimum atomic E-state index is 0.235. The molecule has 0 fully saturated rings. The number of nitrogens with one attached hydrogen (secondary N) is 2. The number of nitrogens with zero attached hydrogens (tertiary/aromatic N) is 3. The molecule has 4 heterocycles. The van der Waals surface area contributed by atoms with Crippen molar-refractivity contribution in [3.05, 3.63) is 71.5 Å². The number of rotatable bonds is 4. The monoisotopic (exact) mass is 465 g/mol. The fourth-order valence-electron chi connectivity index (χ4n) is 5.46. The molecule has 0 bridgehead atoms. The number of benzene rings is 2. The molecule has 2 aliphatic rings. The van der Waals surface area contributed by atoms with Crippen LogP contribution in [0.4, 0.5) is 5.82 Å². The van der Waals surface area contributed by atoms with Gasteiger partial charge in [0.15, 0.2) is 17.1 Å². The normalized spacial score (nSPS) is 16.8. The third kappa shape index (κ3) is 3.26. The maximum atomic E-state index is 5.81. The lowest BCUT2D eigenvalue weighted by molar-refractivity contribution is 0.174. The minimum absolute atomic E-state index is 0.235. The molecule has 0 unspecified atom stereocenters. The number of aromatic amines is 1. The summed E-state index contributed by atoms with van der Waals surface area (Å²) in [6.07, 6.45) is 4.98. The Morgan fingerprint density at radius 1 is 1.11 bits per heavy atom. The summed E-state index contributed by atoms with van der Waals surface area (Å²) in [6.45, 7) is 4.59. The van der Waals surface area contributed by atoms with Crippen molar-refractivity contribution in [1.82, 2.24) is 19.6 Å². The molecule has 7 rings (SSSR count). The first-order valence-corrected chi connectivity index (χ1v) is 12.3. The van der Waals surface area contributed by atoms with E-state index in [2.05, 4.69) is 54.5 Å². The first kappa shape index (κ1) is 20.4. The third-order valence-corrected chi connectivity index (χ3v) is 7.24. The molecule has 1 atom stereocenters. The van der Waals surface area contributed by atoms with Crippen LogP contribution in [-0.4, -0.2) is 32.4 Å². The average molecular weight is 466 g/mol. The van der Waals surface area contributed by atoms with Crippen molar-refractivity contribution in [3.8, 4) is 22.8 Å². The van der Waals surface area contributed by atoms with E-state index in [1.165, 1.54) is 22.2 Å². The second-order valence-corrected chi connectivity index (χ2v) is 9.77. The number of H-pyrrole nitrogens is 1. The quantitative estimate of drug-likeness (QED) is 0.356. The molecule has 176 valence electrons. The fraction of sp³-hybridized carbons (Fsp3) is 0.286. The van der Waals surface area contributed by atoms with Crippen LogP contribution in [0.25, 0.3) is 27.8 Å². The van der Waals surface area contributed by atoms with Gasteiger partial charge in [-0.1, -0.05) is 38.1 Å². The van der Waals surface area contributed by atoms with Crippen molar-refractivity contribution in [2.75, 3.05) is 12.1 Å². The zero-order chi connectivity index (χ0) is 23.5. The number of hydrogen-bond donors (Lipinski definition) is 2. The Morgan fingerprint density at radius 3 is 2.94 bits per heavy atom. The van der Waals surface area contributed by atoms with Crippen LogP contribution < -0.4 is 14.8 Å². The molecule has 7 heteroatoms. The van der Waals surface area contributed by atoms with Crippen LogP contribution in [0.5, 0.6) is 11.5 Å². The van der Waals surface area contributed by atoms with Gasteiger partial charge in [0, 0.05) is 39.8 Å². The summed E-state index contributed by atoms with van der Waals surface area (Å²) < 4.78 is 13.4. The maximum Gasteiger partial charge on any atom is 0.231 e. The lowest BCUT2D eigenvalue weighted by Gasteiger charge is -2.25. The Bertz CT molecular complexity index is 1580. The summed E-state index contributed by atoms with van der Waals surface area (Å²) in [5, 5.41) is 9.88. The van der Waals surface area contributed by atoms with Crippen LogP contribution in [0.3, 0.4) is 0 Å². The first-order chi connectivity index (χ1) is 17.2. The largest absolute Gasteiger partial charge is 0.454 e. The van der Waals surface area contributed by atoms with Gasteiger partial charge in [-0.3, -0.25) is 0 Å². The molecule has 0 spiro atoms. The number of hydrogen-bond acceptors (Lipinski definition) is 5. The molecule has 0 radical (unpaired) electrons. The van der Waals surface area contributed by atoms with Crippen LogP contribution in [0.1, 0.15) is 43.0 Å². The van der Waals surface area contributed by atoms with Crippen LogP contribution in [0.15, 0.2) is 54.7 Å². The molecule has 1 aliphatic heterocycles.